The van der Waals surface area contributed by atoms with Crippen LogP contribution in [-0.2, 0) is 16.8 Å². The monoisotopic (exact) mass is 433 g/mol. The van der Waals surface area contributed by atoms with Crippen molar-refractivity contribution >= 4 is 17.6 Å². The van der Waals surface area contributed by atoms with Crippen molar-refractivity contribution in [2.75, 3.05) is 26.2 Å². The molecular formula is C23H25ClFNO4. The Labute approximate surface area is 180 Å². The molecule has 2 aromatic carbocycles. The molecule has 1 saturated heterocycles. The fourth-order valence-corrected chi connectivity index (χ4v) is 4.66. The third kappa shape index (κ3) is 4.25. The van der Waals surface area contributed by atoms with Gasteiger partial charge in [0.05, 0.1) is 18.1 Å². The Morgan fingerprint density at radius 3 is 2.77 bits per heavy atom. The molecule has 0 saturated carbocycles. The number of rotatable bonds is 6. The van der Waals surface area contributed by atoms with Gasteiger partial charge in [-0.2, -0.15) is 0 Å². The van der Waals surface area contributed by atoms with Gasteiger partial charge in [0.2, 0.25) is 0 Å². The van der Waals surface area contributed by atoms with Crippen LogP contribution in [0.2, 0.25) is 5.02 Å². The van der Waals surface area contributed by atoms with E-state index in [4.69, 9.17) is 26.2 Å². The number of hydrogen-bond donors (Lipinski definition) is 1. The zero-order valence-electron chi connectivity index (χ0n) is 16.9. The Morgan fingerprint density at radius 1 is 1.30 bits per heavy atom. The van der Waals surface area contributed by atoms with E-state index in [1.165, 1.54) is 11.6 Å². The molecule has 7 heteroatoms. The Bertz CT molecular complexity index is 933. The number of nitrogens with zero attached hydrogens (tertiary/aromatic N) is 1. The van der Waals surface area contributed by atoms with E-state index in [0.717, 1.165) is 37.2 Å². The summed E-state index contributed by atoms with van der Waals surface area (Å²) in [5, 5.41) is 9.24. The van der Waals surface area contributed by atoms with Gasteiger partial charge in [0.1, 0.15) is 23.9 Å². The minimum Gasteiger partial charge on any atom is -0.492 e. The second-order valence-corrected chi connectivity index (χ2v) is 8.62. The van der Waals surface area contributed by atoms with Gasteiger partial charge in [-0.05, 0) is 56.6 Å². The number of carboxylic acids is 1. The molecular weight excluding hydrogens is 409 g/mol. The van der Waals surface area contributed by atoms with Crippen molar-refractivity contribution in [1.29, 1.82) is 0 Å². The van der Waals surface area contributed by atoms with Crippen LogP contribution in [0.25, 0.3) is 0 Å². The maximum absolute atomic E-state index is 14.2. The highest BCUT2D eigenvalue weighted by molar-refractivity contribution is 6.31. The van der Waals surface area contributed by atoms with Crippen molar-refractivity contribution in [2.45, 2.75) is 38.2 Å². The van der Waals surface area contributed by atoms with E-state index < -0.39 is 5.97 Å². The van der Waals surface area contributed by atoms with Crippen LogP contribution in [0.4, 0.5) is 4.39 Å². The molecule has 2 aliphatic rings. The van der Waals surface area contributed by atoms with Gasteiger partial charge in [-0.3, -0.25) is 4.79 Å². The topological polar surface area (TPSA) is 59.0 Å². The van der Waals surface area contributed by atoms with Gasteiger partial charge in [-0.15, -0.1) is 0 Å². The van der Waals surface area contributed by atoms with Crippen LogP contribution in [0.5, 0.6) is 11.5 Å². The number of halogens is 2. The van der Waals surface area contributed by atoms with E-state index in [-0.39, 0.29) is 24.3 Å². The van der Waals surface area contributed by atoms with Crippen LogP contribution >= 0.6 is 11.6 Å². The van der Waals surface area contributed by atoms with E-state index in [1.54, 1.807) is 13.0 Å². The highest BCUT2D eigenvalue weighted by Gasteiger charge is 2.43. The molecule has 0 radical (unpaired) electrons. The summed E-state index contributed by atoms with van der Waals surface area (Å²) in [6.07, 6.45) is 2.04. The molecule has 1 N–H and O–H groups in total. The van der Waals surface area contributed by atoms with Gasteiger partial charge in [0, 0.05) is 29.2 Å². The number of aliphatic carboxylic acids is 1. The van der Waals surface area contributed by atoms with Crippen molar-refractivity contribution in [3.8, 4) is 11.5 Å². The van der Waals surface area contributed by atoms with Crippen molar-refractivity contribution < 1.29 is 23.8 Å². The number of carboxylic acid groups (broad SMARTS) is 1. The van der Waals surface area contributed by atoms with Gasteiger partial charge < -0.3 is 19.5 Å². The van der Waals surface area contributed by atoms with Crippen LogP contribution in [0.15, 0.2) is 30.3 Å². The van der Waals surface area contributed by atoms with E-state index in [0.29, 0.717) is 29.5 Å². The number of aryl methyl sites for hydroxylation is 1. The molecule has 1 fully saturated rings. The quantitative estimate of drug-likeness (QED) is 0.723. The summed E-state index contributed by atoms with van der Waals surface area (Å²) >= 11 is 6.16. The molecule has 160 valence electrons. The third-order valence-corrected chi connectivity index (χ3v) is 6.49. The fraction of sp³-hybridized carbons (Fsp3) is 0.435. The molecule has 2 aromatic rings. The number of benzene rings is 2. The average Bonchev–Trinajstić information content (AvgIpc) is 3.04. The molecule has 0 aliphatic carbocycles. The molecule has 1 spiro atoms. The Morgan fingerprint density at radius 2 is 2.07 bits per heavy atom. The van der Waals surface area contributed by atoms with Crippen LogP contribution < -0.4 is 9.47 Å². The third-order valence-electron chi connectivity index (χ3n) is 6.15. The summed E-state index contributed by atoms with van der Waals surface area (Å²) in [6, 6.07) is 8.97. The lowest BCUT2D eigenvalue weighted by molar-refractivity contribution is -0.137. The minimum atomic E-state index is -0.760. The fourth-order valence-electron chi connectivity index (χ4n) is 4.34. The first kappa shape index (κ1) is 20.9. The van der Waals surface area contributed by atoms with Crippen LogP contribution in [0.1, 0.15) is 36.0 Å². The van der Waals surface area contributed by atoms with Crippen molar-refractivity contribution in [3.05, 3.63) is 57.9 Å². The average molecular weight is 434 g/mol. The second kappa shape index (κ2) is 8.44. The lowest BCUT2D eigenvalue weighted by atomic mass is 9.74. The summed E-state index contributed by atoms with van der Waals surface area (Å²) in [5.41, 5.74) is 2.26. The molecule has 5 nitrogen and oxygen atoms in total. The number of fused-ring (bicyclic) bond motifs is 2. The SMILES string of the molecule is Cc1cc(F)c(COc2ccc3c(c2)OCC32CCN(CCC(=O)O)CC2)c(Cl)c1. The van der Waals surface area contributed by atoms with E-state index in [1.807, 2.05) is 18.2 Å². The lowest BCUT2D eigenvalue weighted by Gasteiger charge is -2.38. The maximum atomic E-state index is 14.2. The number of carbonyl (C=O) groups is 1. The number of hydrogen-bond acceptors (Lipinski definition) is 4. The number of likely N-dealkylation sites (tertiary alicyclic amines) is 1. The first-order valence-electron chi connectivity index (χ1n) is 10.2. The summed E-state index contributed by atoms with van der Waals surface area (Å²) in [7, 11) is 0. The molecule has 2 heterocycles. The maximum Gasteiger partial charge on any atom is 0.304 e. The summed E-state index contributed by atoms with van der Waals surface area (Å²) in [5.74, 6) is 0.290. The number of piperidine rings is 1. The van der Waals surface area contributed by atoms with Gasteiger partial charge in [-0.25, -0.2) is 4.39 Å². The molecule has 0 atom stereocenters. The second-order valence-electron chi connectivity index (χ2n) is 8.21. The van der Waals surface area contributed by atoms with Gasteiger partial charge >= 0.3 is 5.97 Å². The van der Waals surface area contributed by atoms with Crippen LogP contribution in [0.3, 0.4) is 0 Å². The summed E-state index contributed by atoms with van der Waals surface area (Å²) in [6.45, 7) is 4.78. The molecule has 0 unspecified atom stereocenters. The highest BCUT2D eigenvalue weighted by atomic mass is 35.5. The van der Waals surface area contributed by atoms with Gasteiger partial charge in [-0.1, -0.05) is 17.7 Å². The van der Waals surface area contributed by atoms with Gasteiger partial charge in [0.15, 0.2) is 0 Å². The molecule has 4 rings (SSSR count). The first-order valence-corrected chi connectivity index (χ1v) is 10.5. The summed E-state index contributed by atoms with van der Waals surface area (Å²) < 4.78 is 26.0. The minimum absolute atomic E-state index is 0.0278. The Kier molecular flexibility index (Phi) is 5.89. The Hall–Kier alpha value is -2.31. The zero-order valence-corrected chi connectivity index (χ0v) is 17.7. The van der Waals surface area contributed by atoms with Gasteiger partial charge in [0.25, 0.3) is 0 Å². The highest BCUT2D eigenvalue weighted by Crippen LogP contribution is 2.46. The van der Waals surface area contributed by atoms with Crippen molar-refractivity contribution in [3.63, 3.8) is 0 Å². The smallest absolute Gasteiger partial charge is 0.304 e. The van der Waals surface area contributed by atoms with E-state index in [9.17, 15) is 9.18 Å². The van der Waals surface area contributed by atoms with Crippen LogP contribution in [0, 0.1) is 12.7 Å². The van der Waals surface area contributed by atoms with Crippen LogP contribution in [-0.4, -0.2) is 42.2 Å². The lowest BCUT2D eigenvalue weighted by Crippen LogP contribution is -2.44. The molecule has 0 aromatic heterocycles. The molecule has 0 bridgehead atoms. The predicted octanol–water partition coefficient (Wildman–Crippen LogP) is 4.57. The standard InChI is InChI=1S/C23H25ClFNO4/c1-15-10-19(24)17(20(25)11-15)13-29-16-2-3-18-21(12-16)30-14-23(18)5-8-26(9-6-23)7-4-22(27)28/h2-3,10-12H,4-9,13-14H2,1H3,(H,27,28). The van der Waals surface area contributed by atoms with Crippen molar-refractivity contribution in [1.82, 2.24) is 4.90 Å². The summed E-state index contributed by atoms with van der Waals surface area (Å²) in [4.78, 5) is 13.0. The van der Waals surface area contributed by atoms with Crippen molar-refractivity contribution in [2.24, 2.45) is 0 Å². The molecule has 30 heavy (non-hydrogen) atoms. The Balaban J connectivity index is 1.41. The predicted molar refractivity (Wildman–Crippen MR) is 112 cm³/mol. The first-order chi connectivity index (χ1) is 14.4. The largest absolute Gasteiger partial charge is 0.492 e. The van der Waals surface area contributed by atoms with E-state index in [2.05, 4.69) is 4.90 Å². The zero-order chi connectivity index (χ0) is 21.3. The molecule has 0 amide bonds. The number of ether oxygens (including phenoxy) is 2. The normalized spacial score (nSPS) is 17.6. The molecule has 2 aliphatic heterocycles. The van der Waals surface area contributed by atoms with E-state index >= 15 is 0 Å².